The second kappa shape index (κ2) is 6.84. The van der Waals surface area contributed by atoms with Crippen LogP contribution in [0.5, 0.6) is 0 Å². The smallest absolute Gasteiger partial charge is 0.263 e. The molecule has 0 atom stereocenters. The average molecular weight is 294 g/mol. The Morgan fingerprint density at radius 2 is 1.90 bits per heavy atom. The third-order valence-electron chi connectivity index (χ3n) is 4.59. The van der Waals surface area contributed by atoms with E-state index in [1.165, 1.54) is 38.3 Å². The topological polar surface area (TPSA) is 15.3 Å². The molecule has 2 nitrogen and oxygen atoms in total. The number of nitrogens with one attached hydrogen (secondary N) is 1. The number of benzene rings is 1. The first kappa shape index (κ1) is 14.9. The van der Waals surface area contributed by atoms with E-state index in [2.05, 4.69) is 10.2 Å². The van der Waals surface area contributed by atoms with Gasteiger partial charge in [-0.2, -0.15) is 0 Å². The Bertz CT molecular complexity index is 452. The first-order valence-corrected chi connectivity index (χ1v) is 8.03. The fourth-order valence-corrected chi connectivity index (χ4v) is 3.04. The number of likely N-dealkylation sites (tertiary alicyclic amines) is 1. The number of alkyl halides is 2. The molecule has 1 aromatic rings. The number of piperidine rings is 1. The predicted molar refractivity (Wildman–Crippen MR) is 80.4 cm³/mol. The van der Waals surface area contributed by atoms with Crippen LogP contribution in [0.1, 0.15) is 43.2 Å². The largest absolute Gasteiger partial charge is 0.314 e. The van der Waals surface area contributed by atoms with Crippen LogP contribution in [-0.4, -0.2) is 30.6 Å². The monoisotopic (exact) mass is 294 g/mol. The maximum atomic E-state index is 12.7. The molecule has 1 aromatic carbocycles. The summed E-state index contributed by atoms with van der Waals surface area (Å²) in [6.07, 6.45) is 2.75. The van der Waals surface area contributed by atoms with E-state index >= 15 is 0 Å². The summed E-state index contributed by atoms with van der Waals surface area (Å²) in [5.74, 6) is 0.931. The standard InChI is InChI=1S/C17H24F2N2/c18-17(19)15-3-1-2-14(10-15)12-21-8-6-16(7-9-21)20-11-13-4-5-13/h1-3,10,13,16-17,20H,4-9,11-12H2. The van der Waals surface area contributed by atoms with Gasteiger partial charge in [0.25, 0.3) is 6.43 Å². The van der Waals surface area contributed by atoms with Crippen molar-refractivity contribution < 1.29 is 8.78 Å². The molecule has 0 spiro atoms. The van der Waals surface area contributed by atoms with Gasteiger partial charge in [-0.15, -0.1) is 0 Å². The molecule has 0 amide bonds. The number of rotatable bonds is 6. The van der Waals surface area contributed by atoms with Crippen LogP contribution in [0.4, 0.5) is 8.78 Å². The molecule has 0 aromatic heterocycles. The van der Waals surface area contributed by atoms with Gasteiger partial charge < -0.3 is 5.32 Å². The Kier molecular flexibility index (Phi) is 4.86. The molecule has 1 aliphatic heterocycles. The summed E-state index contributed by atoms with van der Waals surface area (Å²) in [5, 5.41) is 3.67. The minimum absolute atomic E-state index is 0.133. The van der Waals surface area contributed by atoms with Crippen LogP contribution in [-0.2, 0) is 6.54 Å². The number of nitrogens with zero attached hydrogens (tertiary/aromatic N) is 1. The zero-order valence-electron chi connectivity index (χ0n) is 12.4. The summed E-state index contributed by atoms with van der Waals surface area (Å²) in [6, 6.07) is 7.48. The summed E-state index contributed by atoms with van der Waals surface area (Å²) in [7, 11) is 0. The van der Waals surface area contributed by atoms with Crippen molar-refractivity contribution in [3.63, 3.8) is 0 Å². The lowest BCUT2D eigenvalue weighted by Gasteiger charge is -2.32. The molecule has 21 heavy (non-hydrogen) atoms. The fourth-order valence-electron chi connectivity index (χ4n) is 3.04. The lowest BCUT2D eigenvalue weighted by Crippen LogP contribution is -2.42. The van der Waals surface area contributed by atoms with E-state index < -0.39 is 6.43 Å². The molecule has 2 aliphatic rings. The van der Waals surface area contributed by atoms with Crippen molar-refractivity contribution in [2.24, 2.45) is 5.92 Å². The molecule has 1 saturated carbocycles. The van der Waals surface area contributed by atoms with Crippen molar-refractivity contribution >= 4 is 0 Å². The highest BCUT2D eigenvalue weighted by atomic mass is 19.3. The van der Waals surface area contributed by atoms with E-state index in [-0.39, 0.29) is 5.56 Å². The molecular formula is C17H24F2N2. The van der Waals surface area contributed by atoms with Crippen LogP contribution >= 0.6 is 0 Å². The molecule has 4 heteroatoms. The number of hydrogen-bond acceptors (Lipinski definition) is 2. The van der Waals surface area contributed by atoms with Gasteiger partial charge in [0, 0.05) is 18.2 Å². The van der Waals surface area contributed by atoms with Gasteiger partial charge in [-0.05, 0) is 62.9 Å². The van der Waals surface area contributed by atoms with E-state index in [0.717, 1.165) is 31.1 Å². The van der Waals surface area contributed by atoms with E-state index in [1.54, 1.807) is 12.1 Å². The van der Waals surface area contributed by atoms with Gasteiger partial charge in [0.15, 0.2) is 0 Å². The SMILES string of the molecule is FC(F)c1cccc(CN2CCC(NCC3CC3)CC2)c1. The lowest BCUT2D eigenvalue weighted by atomic mass is 10.0. The summed E-state index contributed by atoms with van der Waals surface area (Å²) in [5.41, 5.74) is 1.13. The van der Waals surface area contributed by atoms with Crippen molar-refractivity contribution in [2.75, 3.05) is 19.6 Å². The van der Waals surface area contributed by atoms with Crippen LogP contribution in [0.15, 0.2) is 24.3 Å². The van der Waals surface area contributed by atoms with E-state index in [9.17, 15) is 8.78 Å². The van der Waals surface area contributed by atoms with Crippen molar-refractivity contribution in [1.29, 1.82) is 0 Å². The van der Waals surface area contributed by atoms with Gasteiger partial charge >= 0.3 is 0 Å². The highest BCUT2D eigenvalue weighted by molar-refractivity contribution is 5.24. The highest BCUT2D eigenvalue weighted by Crippen LogP contribution is 2.28. The molecule has 0 radical (unpaired) electrons. The summed E-state index contributed by atoms with van der Waals surface area (Å²) < 4.78 is 25.4. The molecule has 0 unspecified atom stereocenters. The molecule has 1 saturated heterocycles. The van der Waals surface area contributed by atoms with Gasteiger partial charge in [0.1, 0.15) is 0 Å². The quantitative estimate of drug-likeness (QED) is 0.862. The Balaban J connectivity index is 1.44. The molecule has 1 aliphatic carbocycles. The summed E-state index contributed by atoms with van der Waals surface area (Å²) >= 11 is 0. The van der Waals surface area contributed by atoms with E-state index in [4.69, 9.17) is 0 Å². The second-order valence-corrected chi connectivity index (χ2v) is 6.45. The maximum Gasteiger partial charge on any atom is 0.263 e. The number of hydrogen-bond donors (Lipinski definition) is 1. The minimum atomic E-state index is -2.37. The van der Waals surface area contributed by atoms with Gasteiger partial charge in [-0.3, -0.25) is 4.90 Å². The molecule has 0 bridgehead atoms. The van der Waals surface area contributed by atoms with Crippen LogP contribution < -0.4 is 5.32 Å². The normalized spacial score (nSPS) is 21.1. The molecular weight excluding hydrogens is 270 g/mol. The van der Waals surface area contributed by atoms with Crippen LogP contribution in [0, 0.1) is 5.92 Å². The van der Waals surface area contributed by atoms with Crippen molar-refractivity contribution in [2.45, 2.75) is 44.7 Å². The highest BCUT2D eigenvalue weighted by Gasteiger charge is 2.24. The Morgan fingerprint density at radius 3 is 2.57 bits per heavy atom. The van der Waals surface area contributed by atoms with Gasteiger partial charge in [-0.1, -0.05) is 18.2 Å². The molecule has 2 fully saturated rings. The Labute approximate surface area is 125 Å². The zero-order valence-corrected chi connectivity index (χ0v) is 12.4. The van der Waals surface area contributed by atoms with Crippen LogP contribution in [0.2, 0.25) is 0 Å². The second-order valence-electron chi connectivity index (χ2n) is 6.45. The van der Waals surface area contributed by atoms with E-state index in [1.807, 2.05) is 6.07 Å². The first-order chi connectivity index (χ1) is 10.2. The van der Waals surface area contributed by atoms with Crippen LogP contribution in [0.25, 0.3) is 0 Å². The van der Waals surface area contributed by atoms with Crippen LogP contribution in [0.3, 0.4) is 0 Å². The summed E-state index contributed by atoms with van der Waals surface area (Å²) in [4.78, 5) is 2.37. The lowest BCUT2D eigenvalue weighted by molar-refractivity contribution is 0.151. The van der Waals surface area contributed by atoms with Crippen molar-refractivity contribution in [1.82, 2.24) is 10.2 Å². The molecule has 116 valence electrons. The van der Waals surface area contributed by atoms with Gasteiger partial charge in [0.2, 0.25) is 0 Å². The van der Waals surface area contributed by atoms with E-state index in [0.29, 0.717) is 6.04 Å². The average Bonchev–Trinajstić information content (AvgIpc) is 3.31. The Morgan fingerprint density at radius 1 is 1.14 bits per heavy atom. The van der Waals surface area contributed by atoms with Crippen molar-refractivity contribution in [3.8, 4) is 0 Å². The third-order valence-corrected chi connectivity index (χ3v) is 4.59. The zero-order chi connectivity index (χ0) is 14.7. The summed E-state index contributed by atoms with van der Waals surface area (Å²) in [6.45, 7) is 4.08. The number of halogens is 2. The maximum absolute atomic E-state index is 12.7. The molecule has 1 N–H and O–H groups in total. The fraction of sp³-hybridized carbons (Fsp3) is 0.647. The van der Waals surface area contributed by atoms with Gasteiger partial charge in [0.05, 0.1) is 0 Å². The molecule has 3 rings (SSSR count). The van der Waals surface area contributed by atoms with Gasteiger partial charge in [-0.25, -0.2) is 8.78 Å². The predicted octanol–water partition coefficient (Wildman–Crippen LogP) is 3.59. The third kappa shape index (κ3) is 4.48. The van der Waals surface area contributed by atoms with Crippen molar-refractivity contribution in [3.05, 3.63) is 35.4 Å². The first-order valence-electron chi connectivity index (χ1n) is 8.03. The minimum Gasteiger partial charge on any atom is -0.314 e. The Hall–Kier alpha value is -1.00. The molecule has 1 heterocycles.